The molecule has 166 valence electrons. The lowest BCUT2D eigenvalue weighted by atomic mass is 10.1. The molecule has 3 aromatic carbocycles. The zero-order chi connectivity index (χ0) is 23.5. The molecule has 3 N–H and O–H groups in total. The standard InChI is InChI=1S/C21H15F4N3O4/c22-16-7-3-13(21(23,24)25)10-18(16)27-20(29)9-12-1-4-14(5-2-12)32-15-6-8-19(28(30)31)17(26)11-15/h1-8,10-11H,9,26H2,(H,27,29). The molecule has 0 aliphatic carbocycles. The summed E-state index contributed by atoms with van der Waals surface area (Å²) in [5.74, 6) is -1.08. The van der Waals surface area contributed by atoms with Gasteiger partial charge in [0.15, 0.2) is 0 Å². The predicted molar refractivity (Wildman–Crippen MR) is 108 cm³/mol. The first-order valence-corrected chi connectivity index (χ1v) is 9.00. The lowest BCUT2D eigenvalue weighted by molar-refractivity contribution is -0.383. The normalized spacial score (nSPS) is 11.1. The monoisotopic (exact) mass is 449 g/mol. The van der Waals surface area contributed by atoms with Crippen LogP contribution in [0.2, 0.25) is 0 Å². The van der Waals surface area contributed by atoms with Gasteiger partial charge in [-0.05, 0) is 42.0 Å². The highest BCUT2D eigenvalue weighted by Gasteiger charge is 2.31. The molecule has 0 atom stereocenters. The van der Waals surface area contributed by atoms with Crippen molar-refractivity contribution < 1.29 is 32.0 Å². The number of hydrogen-bond acceptors (Lipinski definition) is 5. The predicted octanol–water partition coefficient (Wildman–Crippen LogP) is 5.31. The molecule has 0 unspecified atom stereocenters. The van der Waals surface area contributed by atoms with Gasteiger partial charge in [-0.1, -0.05) is 12.1 Å². The third-order valence-electron chi connectivity index (χ3n) is 4.29. The number of carbonyl (C=O) groups excluding carboxylic acids is 1. The number of nitrogens with one attached hydrogen (secondary N) is 1. The van der Waals surface area contributed by atoms with Crippen LogP contribution in [0, 0.1) is 15.9 Å². The number of rotatable bonds is 6. The molecule has 0 saturated heterocycles. The number of nitrogen functional groups attached to an aromatic ring is 1. The van der Waals surface area contributed by atoms with Crippen LogP contribution < -0.4 is 15.8 Å². The Bertz CT molecular complexity index is 1160. The maximum atomic E-state index is 13.8. The number of ether oxygens (including phenoxy) is 1. The SMILES string of the molecule is Nc1cc(Oc2ccc(CC(=O)Nc3cc(C(F)(F)F)ccc3F)cc2)ccc1[N+](=O)[O-]. The molecule has 11 heteroatoms. The van der Waals surface area contributed by atoms with Crippen LogP contribution >= 0.6 is 0 Å². The molecular formula is C21H15F4N3O4. The summed E-state index contributed by atoms with van der Waals surface area (Å²) < 4.78 is 57.6. The van der Waals surface area contributed by atoms with E-state index < -0.39 is 34.1 Å². The molecule has 3 aromatic rings. The van der Waals surface area contributed by atoms with E-state index in [9.17, 15) is 32.5 Å². The van der Waals surface area contributed by atoms with Crippen molar-refractivity contribution in [3.63, 3.8) is 0 Å². The number of nitrogens with zero attached hydrogens (tertiary/aromatic N) is 1. The summed E-state index contributed by atoms with van der Waals surface area (Å²) in [4.78, 5) is 22.3. The number of carbonyl (C=O) groups is 1. The number of nitro benzene ring substituents is 1. The summed E-state index contributed by atoms with van der Waals surface area (Å²) in [5.41, 5.74) is 4.13. The fourth-order valence-electron chi connectivity index (χ4n) is 2.75. The Balaban J connectivity index is 1.64. The number of amides is 1. The molecule has 3 rings (SSSR count). The van der Waals surface area contributed by atoms with Gasteiger partial charge < -0.3 is 15.8 Å². The van der Waals surface area contributed by atoms with E-state index >= 15 is 0 Å². The zero-order valence-corrected chi connectivity index (χ0v) is 16.2. The van der Waals surface area contributed by atoms with E-state index in [0.717, 1.165) is 0 Å². The van der Waals surface area contributed by atoms with Gasteiger partial charge in [0.2, 0.25) is 5.91 Å². The number of nitro groups is 1. The number of alkyl halides is 3. The van der Waals surface area contributed by atoms with Crippen LogP contribution in [0.5, 0.6) is 11.5 Å². The van der Waals surface area contributed by atoms with Crippen LogP contribution in [-0.2, 0) is 17.4 Å². The van der Waals surface area contributed by atoms with Crippen molar-refractivity contribution in [1.29, 1.82) is 0 Å². The van der Waals surface area contributed by atoms with Gasteiger partial charge in [-0.3, -0.25) is 14.9 Å². The van der Waals surface area contributed by atoms with Crippen LogP contribution in [0.25, 0.3) is 0 Å². The molecule has 1 amide bonds. The lowest BCUT2D eigenvalue weighted by Crippen LogP contribution is -2.16. The van der Waals surface area contributed by atoms with Gasteiger partial charge in [-0.15, -0.1) is 0 Å². The van der Waals surface area contributed by atoms with Crippen LogP contribution in [0.1, 0.15) is 11.1 Å². The number of nitrogens with two attached hydrogens (primary N) is 1. The number of hydrogen-bond donors (Lipinski definition) is 2. The van der Waals surface area contributed by atoms with E-state index in [1.807, 2.05) is 0 Å². The molecule has 0 fully saturated rings. The third kappa shape index (κ3) is 5.50. The van der Waals surface area contributed by atoms with Gasteiger partial charge in [0.05, 0.1) is 22.6 Å². The van der Waals surface area contributed by atoms with Gasteiger partial charge in [-0.2, -0.15) is 13.2 Å². The molecule has 0 aromatic heterocycles. The van der Waals surface area contributed by atoms with Gasteiger partial charge >= 0.3 is 6.18 Å². The second-order valence-electron chi connectivity index (χ2n) is 6.64. The van der Waals surface area contributed by atoms with Crippen LogP contribution in [-0.4, -0.2) is 10.8 Å². The molecular weight excluding hydrogens is 434 g/mol. The van der Waals surface area contributed by atoms with Crippen molar-refractivity contribution >= 4 is 23.0 Å². The van der Waals surface area contributed by atoms with E-state index in [2.05, 4.69) is 5.32 Å². The van der Waals surface area contributed by atoms with Crippen LogP contribution in [0.3, 0.4) is 0 Å². The second kappa shape index (κ2) is 8.92. The minimum absolute atomic E-state index is 0.0670. The Morgan fingerprint density at radius 3 is 2.28 bits per heavy atom. The van der Waals surface area contributed by atoms with E-state index in [1.165, 1.54) is 42.5 Å². The fraction of sp³-hybridized carbons (Fsp3) is 0.0952. The Hall–Kier alpha value is -4.15. The van der Waals surface area contributed by atoms with Crippen molar-refractivity contribution in [1.82, 2.24) is 0 Å². The van der Waals surface area contributed by atoms with Crippen molar-refractivity contribution in [2.45, 2.75) is 12.6 Å². The van der Waals surface area contributed by atoms with Crippen molar-refractivity contribution in [3.8, 4) is 11.5 Å². The first kappa shape index (κ1) is 22.5. The average molecular weight is 449 g/mol. The first-order chi connectivity index (χ1) is 15.0. The summed E-state index contributed by atoms with van der Waals surface area (Å²) in [6, 6.07) is 11.7. The topological polar surface area (TPSA) is 107 Å². The molecule has 0 radical (unpaired) electrons. The minimum atomic E-state index is -4.67. The zero-order valence-electron chi connectivity index (χ0n) is 16.2. The van der Waals surface area contributed by atoms with E-state index in [-0.39, 0.29) is 23.5 Å². The summed E-state index contributed by atoms with van der Waals surface area (Å²) in [5, 5.41) is 12.9. The first-order valence-electron chi connectivity index (χ1n) is 9.00. The molecule has 7 nitrogen and oxygen atoms in total. The molecule has 0 aliphatic rings. The average Bonchev–Trinajstić information content (AvgIpc) is 2.70. The number of anilines is 2. The van der Waals surface area contributed by atoms with E-state index in [0.29, 0.717) is 29.5 Å². The Morgan fingerprint density at radius 2 is 1.69 bits per heavy atom. The molecule has 0 saturated carbocycles. The quantitative estimate of drug-likeness (QED) is 0.230. The highest BCUT2D eigenvalue weighted by molar-refractivity contribution is 5.92. The summed E-state index contributed by atoms with van der Waals surface area (Å²) in [7, 11) is 0. The van der Waals surface area contributed by atoms with E-state index in [1.54, 1.807) is 0 Å². The van der Waals surface area contributed by atoms with Crippen LogP contribution in [0.15, 0.2) is 60.7 Å². The lowest BCUT2D eigenvalue weighted by Gasteiger charge is -2.11. The van der Waals surface area contributed by atoms with Gasteiger partial charge in [0, 0.05) is 12.1 Å². The smallest absolute Gasteiger partial charge is 0.416 e. The number of benzene rings is 3. The Morgan fingerprint density at radius 1 is 1.03 bits per heavy atom. The molecule has 0 spiro atoms. The maximum absolute atomic E-state index is 13.8. The molecule has 0 bridgehead atoms. The van der Waals surface area contributed by atoms with Gasteiger partial charge in [0.25, 0.3) is 5.69 Å². The highest BCUT2D eigenvalue weighted by atomic mass is 19.4. The summed E-state index contributed by atoms with van der Waals surface area (Å²) >= 11 is 0. The van der Waals surface area contributed by atoms with Gasteiger partial charge in [0.1, 0.15) is 23.0 Å². The highest BCUT2D eigenvalue weighted by Crippen LogP contribution is 2.32. The molecule has 0 heterocycles. The van der Waals surface area contributed by atoms with Gasteiger partial charge in [-0.25, -0.2) is 4.39 Å². The Kier molecular flexibility index (Phi) is 6.28. The minimum Gasteiger partial charge on any atom is -0.457 e. The van der Waals surface area contributed by atoms with Crippen molar-refractivity contribution in [2.24, 2.45) is 0 Å². The fourth-order valence-corrected chi connectivity index (χ4v) is 2.75. The largest absolute Gasteiger partial charge is 0.457 e. The van der Waals surface area contributed by atoms with Crippen molar-refractivity contribution in [3.05, 3.63) is 87.7 Å². The van der Waals surface area contributed by atoms with Crippen LogP contribution in [0.4, 0.5) is 34.6 Å². The van der Waals surface area contributed by atoms with Crippen molar-refractivity contribution in [2.75, 3.05) is 11.1 Å². The second-order valence-corrected chi connectivity index (χ2v) is 6.64. The third-order valence-corrected chi connectivity index (χ3v) is 4.29. The molecule has 0 aliphatic heterocycles. The summed E-state index contributed by atoms with van der Waals surface area (Å²) in [6.45, 7) is 0. The number of halogens is 4. The Labute approximate surface area is 178 Å². The maximum Gasteiger partial charge on any atom is 0.416 e. The molecule has 32 heavy (non-hydrogen) atoms. The summed E-state index contributed by atoms with van der Waals surface area (Å²) in [6.07, 6.45) is -4.89. The van der Waals surface area contributed by atoms with E-state index in [4.69, 9.17) is 10.5 Å².